The van der Waals surface area contributed by atoms with Gasteiger partial charge in [0, 0.05) is 43.6 Å². The lowest BCUT2D eigenvalue weighted by Gasteiger charge is -2.39. The number of amides is 1. The summed E-state index contributed by atoms with van der Waals surface area (Å²) in [6.07, 6.45) is 1.21. The Labute approximate surface area is 176 Å². The van der Waals surface area contributed by atoms with E-state index in [1.165, 1.54) is 22.7 Å². The Hall–Kier alpha value is -2.73. The highest BCUT2D eigenvalue weighted by atomic mass is 32.1. The highest BCUT2D eigenvalue weighted by Gasteiger charge is 2.28. The summed E-state index contributed by atoms with van der Waals surface area (Å²) in [6.45, 7) is 6.52. The maximum absolute atomic E-state index is 12.7. The second-order valence-electron chi connectivity index (χ2n) is 7.70. The van der Waals surface area contributed by atoms with Crippen LogP contribution in [0, 0.1) is 6.92 Å². The molecule has 1 aliphatic heterocycles. The summed E-state index contributed by atoms with van der Waals surface area (Å²) in [5.74, 6) is 1.06. The molecule has 0 unspecified atom stereocenters. The van der Waals surface area contributed by atoms with Gasteiger partial charge in [-0.2, -0.15) is 4.37 Å². The normalized spacial score (nSPS) is 16.8. The topological polar surface area (TPSA) is 49.3 Å². The highest BCUT2D eigenvalue weighted by Crippen LogP contribution is 2.23. The summed E-state index contributed by atoms with van der Waals surface area (Å²) in [6, 6.07) is 18.6. The Morgan fingerprint density at radius 1 is 1.07 bits per heavy atom. The van der Waals surface area contributed by atoms with Gasteiger partial charge in [0.1, 0.15) is 5.82 Å². The first-order valence-electron chi connectivity index (χ1n) is 10.0. The number of piperazine rings is 1. The first kappa shape index (κ1) is 19.6. The summed E-state index contributed by atoms with van der Waals surface area (Å²) < 4.78 is 4.55. The third kappa shape index (κ3) is 4.82. The van der Waals surface area contributed by atoms with Crippen molar-refractivity contribution < 1.29 is 4.79 Å². The first-order chi connectivity index (χ1) is 14.1. The van der Waals surface area contributed by atoms with Crippen LogP contribution in [0.2, 0.25) is 0 Å². The Morgan fingerprint density at radius 2 is 1.83 bits per heavy atom. The lowest BCUT2D eigenvalue weighted by atomic mass is 10.1. The number of nitrogens with zero attached hydrogens (tertiary/aromatic N) is 4. The molecule has 1 aliphatic rings. The summed E-state index contributed by atoms with van der Waals surface area (Å²) >= 11 is 1.45. The Morgan fingerprint density at radius 3 is 2.55 bits per heavy atom. The molecule has 2 aromatic carbocycles. The monoisotopic (exact) mass is 406 g/mol. The molecule has 1 atom stereocenters. The van der Waals surface area contributed by atoms with Crippen LogP contribution in [-0.2, 0) is 17.6 Å². The number of aryl methyl sites for hydroxylation is 1. The van der Waals surface area contributed by atoms with Crippen molar-refractivity contribution in [3.63, 3.8) is 0 Å². The quantitative estimate of drug-likeness (QED) is 0.648. The molecule has 0 N–H and O–H groups in total. The molecule has 4 rings (SSSR count). The largest absolute Gasteiger partial charge is 0.343 e. The van der Waals surface area contributed by atoms with Crippen LogP contribution in [0.3, 0.4) is 0 Å². The van der Waals surface area contributed by atoms with E-state index in [1.54, 1.807) is 0 Å². The Bertz CT molecular complexity index is 955. The first-order valence-corrected chi connectivity index (χ1v) is 10.8. The molecule has 0 saturated carbocycles. The molecule has 1 saturated heterocycles. The van der Waals surface area contributed by atoms with Gasteiger partial charge in [-0.25, -0.2) is 4.98 Å². The molecule has 3 aromatic rings. The molecule has 1 fully saturated rings. The van der Waals surface area contributed by atoms with E-state index in [2.05, 4.69) is 47.4 Å². The Balaban J connectivity index is 1.35. The Kier molecular flexibility index (Phi) is 5.90. The van der Waals surface area contributed by atoms with Crippen molar-refractivity contribution in [1.82, 2.24) is 14.3 Å². The second-order valence-corrected chi connectivity index (χ2v) is 8.43. The minimum atomic E-state index is 0.157. The molecule has 29 heavy (non-hydrogen) atoms. The fourth-order valence-corrected chi connectivity index (χ4v) is 4.43. The molecule has 150 valence electrons. The lowest BCUT2D eigenvalue weighted by Crippen LogP contribution is -2.54. The number of carbonyl (C=O) groups excluding carboxylic acids is 1. The molecule has 2 heterocycles. The molecule has 0 aliphatic carbocycles. The van der Waals surface area contributed by atoms with Crippen LogP contribution in [0.25, 0.3) is 0 Å². The third-order valence-corrected chi connectivity index (χ3v) is 6.17. The van der Waals surface area contributed by atoms with Gasteiger partial charge in [-0.15, -0.1) is 0 Å². The standard InChI is InChI=1S/C23H26N4OS/c1-17-8-10-20(11-9-17)14-21-24-23(29-25-21)26-12-13-27(18(2)16-26)22(28)15-19-6-4-3-5-7-19/h3-11,18H,12-16H2,1-2H3/t18-/m1/s1. The zero-order valence-electron chi connectivity index (χ0n) is 16.9. The number of hydrogen-bond donors (Lipinski definition) is 0. The van der Waals surface area contributed by atoms with E-state index in [1.807, 2.05) is 35.2 Å². The van der Waals surface area contributed by atoms with Crippen molar-refractivity contribution in [2.24, 2.45) is 0 Å². The number of hydrogen-bond acceptors (Lipinski definition) is 5. The molecule has 0 spiro atoms. The number of carbonyl (C=O) groups is 1. The average Bonchev–Trinajstić information content (AvgIpc) is 3.19. The zero-order valence-corrected chi connectivity index (χ0v) is 17.7. The molecule has 0 bridgehead atoms. The maximum atomic E-state index is 12.7. The van der Waals surface area contributed by atoms with Gasteiger partial charge >= 0.3 is 0 Å². The smallest absolute Gasteiger partial charge is 0.227 e. The van der Waals surface area contributed by atoms with Gasteiger partial charge in [0.15, 0.2) is 0 Å². The second kappa shape index (κ2) is 8.74. The van der Waals surface area contributed by atoms with Crippen molar-refractivity contribution >= 4 is 22.6 Å². The van der Waals surface area contributed by atoms with Crippen LogP contribution in [0.1, 0.15) is 29.4 Å². The zero-order chi connectivity index (χ0) is 20.2. The third-order valence-electron chi connectivity index (χ3n) is 5.36. The van der Waals surface area contributed by atoms with Crippen LogP contribution in [0.15, 0.2) is 54.6 Å². The average molecular weight is 407 g/mol. The van der Waals surface area contributed by atoms with Gasteiger partial charge < -0.3 is 9.80 Å². The van der Waals surface area contributed by atoms with Crippen LogP contribution >= 0.6 is 11.5 Å². The van der Waals surface area contributed by atoms with Crippen LogP contribution in [0.5, 0.6) is 0 Å². The van der Waals surface area contributed by atoms with Gasteiger partial charge in [-0.05, 0) is 25.0 Å². The minimum absolute atomic E-state index is 0.157. The summed E-state index contributed by atoms with van der Waals surface area (Å²) in [7, 11) is 0. The number of anilines is 1. The molecular weight excluding hydrogens is 380 g/mol. The van der Waals surface area contributed by atoms with Crippen molar-refractivity contribution in [3.8, 4) is 0 Å². The fraction of sp³-hybridized carbons (Fsp3) is 0.348. The van der Waals surface area contributed by atoms with E-state index in [-0.39, 0.29) is 11.9 Å². The molecule has 5 nitrogen and oxygen atoms in total. The fourth-order valence-electron chi connectivity index (χ4n) is 3.71. The maximum Gasteiger partial charge on any atom is 0.227 e. The van der Waals surface area contributed by atoms with E-state index in [9.17, 15) is 4.79 Å². The van der Waals surface area contributed by atoms with Crippen LogP contribution < -0.4 is 4.90 Å². The SMILES string of the molecule is Cc1ccc(Cc2nsc(N3CCN(C(=O)Cc4ccccc4)[C@H](C)C3)n2)cc1. The van der Waals surface area contributed by atoms with E-state index in [4.69, 9.17) is 4.98 Å². The number of aromatic nitrogens is 2. The van der Waals surface area contributed by atoms with E-state index >= 15 is 0 Å². The summed E-state index contributed by atoms with van der Waals surface area (Å²) in [5.41, 5.74) is 3.55. The highest BCUT2D eigenvalue weighted by molar-refractivity contribution is 7.09. The van der Waals surface area contributed by atoms with E-state index in [0.29, 0.717) is 6.42 Å². The van der Waals surface area contributed by atoms with Crippen LogP contribution in [-0.4, -0.2) is 45.8 Å². The number of rotatable bonds is 5. The summed E-state index contributed by atoms with van der Waals surface area (Å²) in [5, 5.41) is 0.953. The molecule has 6 heteroatoms. The lowest BCUT2D eigenvalue weighted by molar-refractivity contribution is -0.132. The van der Waals surface area contributed by atoms with Gasteiger partial charge in [0.2, 0.25) is 11.0 Å². The molecular formula is C23H26N4OS. The van der Waals surface area contributed by atoms with Gasteiger partial charge in [0.05, 0.1) is 6.42 Å². The summed E-state index contributed by atoms with van der Waals surface area (Å²) in [4.78, 5) is 21.7. The van der Waals surface area contributed by atoms with Crippen molar-refractivity contribution in [1.29, 1.82) is 0 Å². The van der Waals surface area contributed by atoms with Crippen molar-refractivity contribution in [2.45, 2.75) is 32.7 Å². The van der Waals surface area contributed by atoms with Gasteiger partial charge in [-0.3, -0.25) is 4.79 Å². The predicted octanol–water partition coefficient (Wildman–Crippen LogP) is 3.72. The van der Waals surface area contributed by atoms with Gasteiger partial charge in [-0.1, -0.05) is 60.2 Å². The van der Waals surface area contributed by atoms with Crippen molar-refractivity contribution in [3.05, 3.63) is 77.1 Å². The van der Waals surface area contributed by atoms with Gasteiger partial charge in [0.25, 0.3) is 0 Å². The minimum Gasteiger partial charge on any atom is -0.343 e. The van der Waals surface area contributed by atoms with E-state index in [0.717, 1.165) is 42.6 Å². The predicted molar refractivity (Wildman–Crippen MR) is 117 cm³/mol. The van der Waals surface area contributed by atoms with Crippen LogP contribution in [0.4, 0.5) is 5.13 Å². The molecule has 1 amide bonds. The molecule has 1 aromatic heterocycles. The van der Waals surface area contributed by atoms with E-state index < -0.39 is 0 Å². The number of benzene rings is 2. The molecule has 0 radical (unpaired) electrons. The van der Waals surface area contributed by atoms with Crippen molar-refractivity contribution in [2.75, 3.05) is 24.5 Å².